The van der Waals surface area contributed by atoms with E-state index in [-0.39, 0.29) is 12.2 Å². The fourth-order valence-corrected chi connectivity index (χ4v) is 4.32. The molecule has 4 rings (SSSR count). The molecule has 1 aliphatic carbocycles. The van der Waals surface area contributed by atoms with Gasteiger partial charge in [0.25, 0.3) is 0 Å². The van der Waals surface area contributed by atoms with Gasteiger partial charge in [-0.1, -0.05) is 6.07 Å². The number of thiophene rings is 1. The van der Waals surface area contributed by atoms with Gasteiger partial charge in [0.15, 0.2) is 0 Å². The van der Waals surface area contributed by atoms with E-state index < -0.39 is 0 Å². The van der Waals surface area contributed by atoms with Gasteiger partial charge in [-0.05, 0) is 47.4 Å². The molecule has 2 aromatic heterocycles. The molecular formula is C18H22N2O2S. The van der Waals surface area contributed by atoms with E-state index in [0.717, 1.165) is 38.2 Å². The van der Waals surface area contributed by atoms with Crippen LogP contribution in [0.1, 0.15) is 24.1 Å². The average Bonchev–Trinajstić information content (AvgIpc) is 3.24. The molecule has 122 valence electrons. The standard InChI is InChI=1S/C18H22N2O2S/c1-2-7-19-15(3-1)12-22-17-5-4-16-18(17)21-9-8-20(16)11-14-6-10-23-13-14/h1-3,6-7,10,13,16-18H,4-5,8-9,11-12H2/t16-,17-,18+/m0/s1. The highest BCUT2D eigenvalue weighted by Crippen LogP contribution is 2.33. The van der Waals surface area contributed by atoms with E-state index in [4.69, 9.17) is 9.47 Å². The SMILES string of the molecule is c1ccc(CO[C@H]2CC[C@H]3[C@H]2OCCN3Cc2ccsc2)nc1. The van der Waals surface area contributed by atoms with Crippen LogP contribution in [0.3, 0.4) is 0 Å². The number of hydrogen-bond acceptors (Lipinski definition) is 5. The molecule has 0 spiro atoms. The van der Waals surface area contributed by atoms with Gasteiger partial charge in [-0.2, -0.15) is 11.3 Å². The van der Waals surface area contributed by atoms with Crippen molar-refractivity contribution < 1.29 is 9.47 Å². The van der Waals surface area contributed by atoms with Crippen LogP contribution in [0.4, 0.5) is 0 Å². The molecule has 0 aromatic carbocycles. The molecule has 3 atom stereocenters. The molecule has 2 aromatic rings. The maximum atomic E-state index is 6.13. The van der Waals surface area contributed by atoms with Gasteiger partial charge < -0.3 is 9.47 Å². The minimum atomic E-state index is 0.187. The summed E-state index contributed by atoms with van der Waals surface area (Å²) in [4.78, 5) is 6.90. The van der Waals surface area contributed by atoms with Crippen LogP contribution in [0.25, 0.3) is 0 Å². The molecule has 3 heterocycles. The van der Waals surface area contributed by atoms with Crippen LogP contribution in [0, 0.1) is 0 Å². The number of pyridine rings is 1. The molecule has 0 N–H and O–H groups in total. The highest BCUT2D eigenvalue weighted by molar-refractivity contribution is 7.07. The van der Waals surface area contributed by atoms with Crippen LogP contribution in [0.5, 0.6) is 0 Å². The predicted molar refractivity (Wildman–Crippen MR) is 90.3 cm³/mol. The van der Waals surface area contributed by atoms with Crippen molar-refractivity contribution in [1.82, 2.24) is 9.88 Å². The molecule has 23 heavy (non-hydrogen) atoms. The second kappa shape index (κ2) is 7.09. The highest BCUT2D eigenvalue weighted by Gasteiger charge is 2.43. The third-order valence-corrected chi connectivity index (χ3v) is 5.52. The Balaban J connectivity index is 1.37. The largest absolute Gasteiger partial charge is 0.373 e. The number of nitrogens with zero attached hydrogens (tertiary/aromatic N) is 2. The molecule has 1 saturated heterocycles. The fraction of sp³-hybridized carbons (Fsp3) is 0.500. The summed E-state index contributed by atoms with van der Waals surface area (Å²) in [6, 6.07) is 8.65. The maximum Gasteiger partial charge on any atom is 0.0992 e. The first-order chi connectivity index (χ1) is 11.4. The molecule has 2 aliphatic rings. The summed E-state index contributed by atoms with van der Waals surface area (Å²) in [7, 11) is 0. The first kappa shape index (κ1) is 15.3. The monoisotopic (exact) mass is 330 g/mol. The lowest BCUT2D eigenvalue weighted by Crippen LogP contribution is -2.51. The summed E-state index contributed by atoms with van der Waals surface area (Å²) in [5.74, 6) is 0. The molecule has 4 nitrogen and oxygen atoms in total. The quantitative estimate of drug-likeness (QED) is 0.844. The van der Waals surface area contributed by atoms with Gasteiger partial charge in [0.1, 0.15) is 0 Å². The van der Waals surface area contributed by atoms with E-state index in [1.807, 2.05) is 24.4 Å². The normalized spacial score (nSPS) is 27.9. The molecule has 1 aliphatic heterocycles. The lowest BCUT2D eigenvalue weighted by molar-refractivity contribution is -0.119. The highest BCUT2D eigenvalue weighted by atomic mass is 32.1. The van der Waals surface area contributed by atoms with Gasteiger partial charge in [-0.25, -0.2) is 0 Å². The number of morpholine rings is 1. The average molecular weight is 330 g/mol. The predicted octanol–water partition coefficient (Wildman–Crippen LogP) is 3.09. The Kier molecular flexibility index (Phi) is 4.71. The maximum absolute atomic E-state index is 6.13. The second-order valence-corrected chi connectivity index (χ2v) is 7.03. The van der Waals surface area contributed by atoms with Crippen molar-refractivity contribution in [2.75, 3.05) is 13.2 Å². The molecule has 0 amide bonds. The number of hydrogen-bond donors (Lipinski definition) is 0. The van der Waals surface area contributed by atoms with E-state index in [9.17, 15) is 0 Å². The van der Waals surface area contributed by atoms with E-state index in [1.54, 1.807) is 11.3 Å². The summed E-state index contributed by atoms with van der Waals surface area (Å²) < 4.78 is 12.2. The smallest absolute Gasteiger partial charge is 0.0992 e. The Morgan fingerprint density at radius 1 is 1.30 bits per heavy atom. The van der Waals surface area contributed by atoms with Crippen LogP contribution in [-0.4, -0.2) is 41.3 Å². The zero-order valence-corrected chi connectivity index (χ0v) is 14.0. The number of fused-ring (bicyclic) bond motifs is 1. The van der Waals surface area contributed by atoms with Gasteiger partial charge in [0.05, 0.1) is 31.1 Å². The summed E-state index contributed by atoms with van der Waals surface area (Å²) in [6.07, 6.45) is 4.43. The third-order valence-electron chi connectivity index (χ3n) is 4.79. The molecule has 0 radical (unpaired) electrons. The van der Waals surface area contributed by atoms with Crippen molar-refractivity contribution >= 4 is 11.3 Å². The minimum absolute atomic E-state index is 0.187. The van der Waals surface area contributed by atoms with Crippen LogP contribution >= 0.6 is 11.3 Å². The van der Waals surface area contributed by atoms with Crippen LogP contribution < -0.4 is 0 Å². The Bertz CT molecular complexity index is 605. The number of ether oxygens (including phenoxy) is 2. The Labute approximate surface area is 141 Å². The molecule has 2 fully saturated rings. The van der Waals surface area contributed by atoms with Crippen LogP contribution in [0.15, 0.2) is 41.2 Å². The lowest BCUT2D eigenvalue weighted by Gasteiger charge is -2.39. The van der Waals surface area contributed by atoms with E-state index in [0.29, 0.717) is 12.6 Å². The van der Waals surface area contributed by atoms with Crippen molar-refractivity contribution in [3.8, 4) is 0 Å². The van der Waals surface area contributed by atoms with E-state index in [2.05, 4.69) is 26.7 Å². The molecule has 0 unspecified atom stereocenters. The van der Waals surface area contributed by atoms with Gasteiger partial charge in [0, 0.05) is 25.3 Å². The summed E-state index contributed by atoms with van der Waals surface area (Å²) in [5.41, 5.74) is 2.40. The van der Waals surface area contributed by atoms with E-state index >= 15 is 0 Å². The van der Waals surface area contributed by atoms with Crippen LogP contribution in [0.2, 0.25) is 0 Å². The summed E-state index contributed by atoms with van der Waals surface area (Å²) in [5, 5.41) is 4.40. The zero-order chi connectivity index (χ0) is 15.5. The Hall–Kier alpha value is -1.27. The number of aromatic nitrogens is 1. The molecular weight excluding hydrogens is 308 g/mol. The molecule has 0 bridgehead atoms. The number of rotatable bonds is 5. The summed E-state index contributed by atoms with van der Waals surface area (Å²) in [6.45, 7) is 3.42. The lowest BCUT2D eigenvalue weighted by atomic mass is 10.1. The zero-order valence-electron chi connectivity index (χ0n) is 13.1. The Morgan fingerprint density at radius 3 is 3.13 bits per heavy atom. The topological polar surface area (TPSA) is 34.6 Å². The second-order valence-electron chi connectivity index (χ2n) is 6.25. The van der Waals surface area contributed by atoms with Crippen molar-refractivity contribution in [2.24, 2.45) is 0 Å². The molecule has 5 heteroatoms. The fourth-order valence-electron chi connectivity index (χ4n) is 3.66. The first-order valence-corrected chi connectivity index (χ1v) is 9.23. The third kappa shape index (κ3) is 3.48. The Morgan fingerprint density at radius 2 is 2.30 bits per heavy atom. The van der Waals surface area contributed by atoms with Crippen molar-refractivity contribution in [3.63, 3.8) is 0 Å². The minimum Gasteiger partial charge on any atom is -0.373 e. The van der Waals surface area contributed by atoms with Gasteiger partial charge in [-0.15, -0.1) is 0 Å². The molecule has 1 saturated carbocycles. The van der Waals surface area contributed by atoms with Gasteiger partial charge >= 0.3 is 0 Å². The van der Waals surface area contributed by atoms with Crippen molar-refractivity contribution in [3.05, 3.63) is 52.5 Å². The van der Waals surface area contributed by atoms with E-state index in [1.165, 1.54) is 5.56 Å². The van der Waals surface area contributed by atoms with Crippen molar-refractivity contribution in [2.45, 2.75) is 44.2 Å². The van der Waals surface area contributed by atoms with Gasteiger partial charge in [0.2, 0.25) is 0 Å². The summed E-state index contributed by atoms with van der Waals surface area (Å²) >= 11 is 1.77. The van der Waals surface area contributed by atoms with Gasteiger partial charge in [-0.3, -0.25) is 9.88 Å². The first-order valence-electron chi connectivity index (χ1n) is 8.28. The van der Waals surface area contributed by atoms with Crippen molar-refractivity contribution in [1.29, 1.82) is 0 Å². The van der Waals surface area contributed by atoms with Crippen LogP contribution in [-0.2, 0) is 22.6 Å².